The zero-order valence-electron chi connectivity index (χ0n) is 16.9. The molecule has 1 amide bonds. The molecular weight excluding hydrogens is 388 g/mol. The molecule has 1 N–H and O–H groups in total. The number of nitrogens with zero attached hydrogens (tertiary/aromatic N) is 3. The molecule has 1 heterocycles. The maximum absolute atomic E-state index is 12.3. The molecule has 8 heteroatoms. The van der Waals surface area contributed by atoms with Crippen LogP contribution in [-0.4, -0.2) is 40.6 Å². The van der Waals surface area contributed by atoms with Crippen LogP contribution in [0, 0.1) is 6.92 Å². The molecule has 0 aliphatic heterocycles. The molecule has 0 unspecified atom stereocenters. The first-order chi connectivity index (χ1) is 14.0. The number of rotatable bonds is 8. The van der Waals surface area contributed by atoms with Crippen LogP contribution in [0.4, 0.5) is 0 Å². The predicted molar refractivity (Wildman–Crippen MR) is 113 cm³/mol. The minimum atomic E-state index is -0.0788. The number of hydrogen-bond donors (Lipinski definition) is 1. The third kappa shape index (κ3) is 5.08. The number of hydrogen-bond acceptors (Lipinski definition) is 6. The van der Waals surface area contributed by atoms with Crippen molar-refractivity contribution in [2.75, 3.05) is 20.0 Å². The van der Waals surface area contributed by atoms with Gasteiger partial charge in [0.1, 0.15) is 0 Å². The van der Waals surface area contributed by atoms with Gasteiger partial charge >= 0.3 is 0 Å². The van der Waals surface area contributed by atoms with E-state index >= 15 is 0 Å². The molecule has 0 saturated carbocycles. The number of amides is 1. The van der Waals surface area contributed by atoms with Crippen molar-refractivity contribution in [2.45, 2.75) is 18.6 Å². The fourth-order valence-electron chi connectivity index (χ4n) is 2.85. The topological polar surface area (TPSA) is 78.3 Å². The molecule has 1 aromatic heterocycles. The van der Waals surface area contributed by atoms with Crippen molar-refractivity contribution in [1.29, 1.82) is 0 Å². The Balaban J connectivity index is 1.56. The van der Waals surface area contributed by atoms with Crippen molar-refractivity contribution in [3.63, 3.8) is 0 Å². The Kier molecular flexibility index (Phi) is 6.77. The summed E-state index contributed by atoms with van der Waals surface area (Å²) in [6.07, 6.45) is 0. The largest absolute Gasteiger partial charge is 0.493 e. The number of nitrogens with one attached hydrogen (secondary N) is 1. The lowest BCUT2D eigenvalue weighted by atomic mass is 10.1. The molecule has 0 atom stereocenters. The normalized spacial score (nSPS) is 10.6. The Morgan fingerprint density at radius 3 is 2.62 bits per heavy atom. The fourth-order valence-corrected chi connectivity index (χ4v) is 3.59. The maximum atomic E-state index is 12.3. The van der Waals surface area contributed by atoms with Gasteiger partial charge in [0.25, 0.3) is 0 Å². The molecule has 0 aliphatic rings. The third-order valence-corrected chi connectivity index (χ3v) is 5.40. The highest BCUT2D eigenvalue weighted by molar-refractivity contribution is 7.99. The van der Waals surface area contributed by atoms with Crippen LogP contribution in [0.3, 0.4) is 0 Å². The molecule has 0 saturated heterocycles. The molecule has 3 aromatic rings. The van der Waals surface area contributed by atoms with E-state index in [2.05, 4.69) is 21.6 Å². The fraction of sp³-hybridized carbons (Fsp3) is 0.286. The smallest absolute Gasteiger partial charge is 0.230 e. The Morgan fingerprint density at radius 2 is 1.90 bits per heavy atom. The number of carbonyl (C=O) groups excluding carboxylic acids is 1. The summed E-state index contributed by atoms with van der Waals surface area (Å²) >= 11 is 1.36. The van der Waals surface area contributed by atoms with E-state index in [1.54, 1.807) is 14.2 Å². The minimum Gasteiger partial charge on any atom is -0.493 e. The first kappa shape index (κ1) is 20.7. The number of aryl methyl sites for hydroxylation is 1. The Hall–Kier alpha value is -3.00. The molecule has 152 valence electrons. The molecule has 7 nitrogen and oxygen atoms in total. The molecule has 0 bridgehead atoms. The van der Waals surface area contributed by atoms with Crippen LogP contribution in [0.5, 0.6) is 11.5 Å². The minimum absolute atomic E-state index is 0.0788. The van der Waals surface area contributed by atoms with E-state index < -0.39 is 0 Å². The molecule has 3 rings (SSSR count). The second-order valence-corrected chi connectivity index (χ2v) is 7.43. The van der Waals surface area contributed by atoms with Gasteiger partial charge in [-0.05, 0) is 30.7 Å². The Labute approximate surface area is 174 Å². The Bertz CT molecular complexity index is 1000. The molecular formula is C21H24N4O3S. The summed E-state index contributed by atoms with van der Waals surface area (Å²) in [5.41, 5.74) is 3.10. The standard InChI is InChI=1S/C21H24N4O3S/c1-14-6-5-7-16(10-14)20-23-24-21(25(20)2)29-13-19(26)22-12-15-8-9-17(27-3)18(11-15)28-4/h5-11H,12-13H2,1-4H3,(H,22,26). The van der Waals surface area contributed by atoms with Crippen LogP contribution >= 0.6 is 11.8 Å². The van der Waals surface area contributed by atoms with E-state index in [0.717, 1.165) is 22.5 Å². The number of thioether (sulfide) groups is 1. The van der Waals surface area contributed by atoms with Gasteiger partial charge in [-0.3, -0.25) is 4.79 Å². The van der Waals surface area contributed by atoms with Crippen LogP contribution in [0.25, 0.3) is 11.4 Å². The molecule has 2 aromatic carbocycles. The van der Waals surface area contributed by atoms with Crippen molar-refractivity contribution >= 4 is 17.7 Å². The van der Waals surface area contributed by atoms with Gasteiger partial charge in [0.05, 0.1) is 20.0 Å². The van der Waals surface area contributed by atoms with Crippen LogP contribution < -0.4 is 14.8 Å². The number of benzene rings is 2. The number of carbonyl (C=O) groups is 1. The molecule has 0 fully saturated rings. The quantitative estimate of drug-likeness (QED) is 0.573. The highest BCUT2D eigenvalue weighted by Crippen LogP contribution is 2.27. The van der Waals surface area contributed by atoms with Crippen LogP contribution in [0.1, 0.15) is 11.1 Å². The summed E-state index contributed by atoms with van der Waals surface area (Å²) < 4.78 is 12.4. The second-order valence-electron chi connectivity index (χ2n) is 6.49. The van der Waals surface area contributed by atoms with Crippen molar-refractivity contribution in [3.05, 3.63) is 53.6 Å². The SMILES string of the molecule is COc1ccc(CNC(=O)CSc2nnc(-c3cccc(C)c3)n2C)cc1OC. The lowest BCUT2D eigenvalue weighted by Crippen LogP contribution is -2.24. The highest BCUT2D eigenvalue weighted by Gasteiger charge is 2.13. The van der Waals surface area contributed by atoms with Crippen molar-refractivity contribution in [2.24, 2.45) is 7.05 Å². The predicted octanol–water partition coefficient (Wildman–Crippen LogP) is 3.22. The van der Waals surface area contributed by atoms with E-state index in [-0.39, 0.29) is 11.7 Å². The zero-order valence-corrected chi connectivity index (χ0v) is 17.7. The average molecular weight is 413 g/mol. The van der Waals surface area contributed by atoms with Gasteiger partial charge in [0.15, 0.2) is 22.5 Å². The van der Waals surface area contributed by atoms with E-state index in [0.29, 0.717) is 23.2 Å². The highest BCUT2D eigenvalue weighted by atomic mass is 32.2. The van der Waals surface area contributed by atoms with Gasteiger partial charge in [0, 0.05) is 19.2 Å². The van der Waals surface area contributed by atoms with E-state index in [4.69, 9.17) is 9.47 Å². The van der Waals surface area contributed by atoms with E-state index in [1.807, 2.05) is 54.9 Å². The summed E-state index contributed by atoms with van der Waals surface area (Å²) in [6, 6.07) is 13.7. The first-order valence-corrected chi connectivity index (χ1v) is 10.1. The van der Waals surface area contributed by atoms with E-state index in [9.17, 15) is 4.79 Å². The summed E-state index contributed by atoms with van der Waals surface area (Å²) in [6.45, 7) is 2.45. The molecule has 29 heavy (non-hydrogen) atoms. The molecule has 0 radical (unpaired) electrons. The lowest BCUT2D eigenvalue weighted by Gasteiger charge is -2.10. The summed E-state index contributed by atoms with van der Waals surface area (Å²) in [5, 5.41) is 12.1. The van der Waals surface area contributed by atoms with Crippen molar-refractivity contribution < 1.29 is 14.3 Å². The van der Waals surface area contributed by atoms with E-state index in [1.165, 1.54) is 11.8 Å². The van der Waals surface area contributed by atoms with Gasteiger partial charge in [-0.25, -0.2) is 0 Å². The van der Waals surface area contributed by atoms with Gasteiger partial charge in [-0.1, -0.05) is 41.6 Å². The van der Waals surface area contributed by atoms with Gasteiger partial charge in [-0.2, -0.15) is 0 Å². The summed E-state index contributed by atoms with van der Waals surface area (Å²) in [4.78, 5) is 12.3. The summed E-state index contributed by atoms with van der Waals surface area (Å²) in [5.74, 6) is 2.25. The second kappa shape index (κ2) is 9.47. The lowest BCUT2D eigenvalue weighted by molar-refractivity contribution is -0.118. The molecule has 0 aliphatic carbocycles. The zero-order chi connectivity index (χ0) is 20.8. The van der Waals surface area contributed by atoms with Gasteiger partial charge < -0.3 is 19.4 Å². The maximum Gasteiger partial charge on any atom is 0.230 e. The van der Waals surface area contributed by atoms with Crippen molar-refractivity contribution in [3.8, 4) is 22.9 Å². The molecule has 0 spiro atoms. The van der Waals surface area contributed by atoms with Gasteiger partial charge in [-0.15, -0.1) is 10.2 Å². The monoisotopic (exact) mass is 412 g/mol. The van der Waals surface area contributed by atoms with Gasteiger partial charge in [0.2, 0.25) is 5.91 Å². The van der Waals surface area contributed by atoms with Crippen LogP contribution in [0.2, 0.25) is 0 Å². The average Bonchev–Trinajstić information content (AvgIpc) is 3.10. The van der Waals surface area contributed by atoms with Crippen LogP contribution in [-0.2, 0) is 18.4 Å². The van der Waals surface area contributed by atoms with Crippen LogP contribution in [0.15, 0.2) is 47.6 Å². The Morgan fingerprint density at radius 1 is 1.10 bits per heavy atom. The third-order valence-electron chi connectivity index (χ3n) is 4.38. The van der Waals surface area contributed by atoms with Crippen molar-refractivity contribution in [1.82, 2.24) is 20.1 Å². The summed E-state index contributed by atoms with van der Waals surface area (Å²) in [7, 11) is 5.08. The number of aromatic nitrogens is 3. The first-order valence-electron chi connectivity index (χ1n) is 9.08. The number of ether oxygens (including phenoxy) is 2. The number of methoxy groups -OCH3 is 2.